The standard InChI is InChI=1S/C11H13FO/c12-8-10-4-2-1-3-9(10)7-11(13)5-6-11/h1-4,13H,5-8H2. The lowest BCUT2D eigenvalue weighted by molar-refractivity contribution is 0.150. The van der Waals surface area contributed by atoms with E-state index in [1.54, 1.807) is 6.07 Å². The first-order valence-corrected chi connectivity index (χ1v) is 4.59. The van der Waals surface area contributed by atoms with E-state index < -0.39 is 12.3 Å². The molecular weight excluding hydrogens is 167 g/mol. The number of hydrogen-bond donors (Lipinski definition) is 1. The molecule has 0 bridgehead atoms. The molecule has 1 aliphatic carbocycles. The molecular formula is C11H13FO. The maximum Gasteiger partial charge on any atom is 0.115 e. The van der Waals surface area contributed by atoms with Crippen molar-refractivity contribution in [3.8, 4) is 0 Å². The Labute approximate surface area is 77.2 Å². The summed E-state index contributed by atoms with van der Waals surface area (Å²) in [5.41, 5.74) is 1.14. The number of alkyl halides is 1. The van der Waals surface area contributed by atoms with Crippen LogP contribution in [0.5, 0.6) is 0 Å². The molecule has 1 aromatic rings. The molecule has 0 heterocycles. The summed E-state index contributed by atoms with van der Waals surface area (Å²) < 4.78 is 12.5. The molecule has 0 aromatic heterocycles. The van der Waals surface area contributed by atoms with Crippen LogP contribution in [0.4, 0.5) is 4.39 Å². The van der Waals surface area contributed by atoms with Gasteiger partial charge in [0.25, 0.3) is 0 Å². The fourth-order valence-corrected chi connectivity index (χ4v) is 1.54. The van der Waals surface area contributed by atoms with Gasteiger partial charge in [-0.25, -0.2) is 4.39 Å². The Morgan fingerprint density at radius 3 is 2.38 bits per heavy atom. The van der Waals surface area contributed by atoms with Gasteiger partial charge in [-0.2, -0.15) is 0 Å². The van der Waals surface area contributed by atoms with Crippen LogP contribution in [0, 0.1) is 0 Å². The SMILES string of the molecule is OC1(Cc2ccccc2CF)CC1. The Kier molecular flexibility index (Phi) is 2.08. The predicted molar refractivity (Wildman–Crippen MR) is 49.1 cm³/mol. The second-order valence-electron chi connectivity index (χ2n) is 3.80. The van der Waals surface area contributed by atoms with Gasteiger partial charge in [0.15, 0.2) is 0 Å². The van der Waals surface area contributed by atoms with Gasteiger partial charge in [-0.1, -0.05) is 24.3 Å². The average Bonchev–Trinajstić information content (AvgIpc) is 2.84. The minimum atomic E-state index is -0.523. The summed E-state index contributed by atoms with van der Waals surface area (Å²) in [5, 5.41) is 9.68. The summed E-state index contributed by atoms with van der Waals surface area (Å²) in [7, 11) is 0. The molecule has 13 heavy (non-hydrogen) atoms. The van der Waals surface area contributed by atoms with Gasteiger partial charge in [0.1, 0.15) is 6.67 Å². The van der Waals surface area contributed by atoms with E-state index in [9.17, 15) is 9.50 Å². The first-order chi connectivity index (χ1) is 6.23. The Hall–Kier alpha value is -0.890. The molecule has 0 spiro atoms. The monoisotopic (exact) mass is 180 g/mol. The highest BCUT2D eigenvalue weighted by Gasteiger charge is 2.40. The largest absolute Gasteiger partial charge is 0.390 e. The molecule has 0 unspecified atom stereocenters. The molecule has 1 nitrogen and oxygen atoms in total. The molecule has 2 rings (SSSR count). The highest BCUT2D eigenvalue weighted by molar-refractivity contribution is 5.29. The Morgan fingerprint density at radius 2 is 1.85 bits per heavy atom. The Morgan fingerprint density at radius 1 is 1.23 bits per heavy atom. The molecule has 1 saturated carbocycles. The number of aliphatic hydroxyl groups is 1. The van der Waals surface area contributed by atoms with Gasteiger partial charge in [-0.15, -0.1) is 0 Å². The molecule has 0 saturated heterocycles. The van der Waals surface area contributed by atoms with E-state index in [1.165, 1.54) is 0 Å². The van der Waals surface area contributed by atoms with Gasteiger partial charge >= 0.3 is 0 Å². The van der Waals surface area contributed by atoms with E-state index in [1.807, 2.05) is 18.2 Å². The quantitative estimate of drug-likeness (QED) is 0.756. The molecule has 1 aliphatic rings. The van der Waals surface area contributed by atoms with Crippen LogP contribution in [0.3, 0.4) is 0 Å². The highest BCUT2D eigenvalue weighted by Crippen LogP contribution is 2.38. The van der Waals surface area contributed by atoms with Crippen LogP contribution in [0.25, 0.3) is 0 Å². The Bertz CT molecular complexity index is 305. The molecule has 2 heteroatoms. The summed E-state index contributed by atoms with van der Waals surface area (Å²) in [4.78, 5) is 0. The van der Waals surface area contributed by atoms with Crippen LogP contribution in [-0.4, -0.2) is 10.7 Å². The predicted octanol–water partition coefficient (Wildman–Crippen LogP) is 2.22. The average molecular weight is 180 g/mol. The van der Waals surface area contributed by atoms with Crippen molar-refractivity contribution >= 4 is 0 Å². The zero-order valence-electron chi connectivity index (χ0n) is 7.46. The molecule has 1 N–H and O–H groups in total. The van der Waals surface area contributed by atoms with Crippen molar-refractivity contribution in [2.24, 2.45) is 0 Å². The van der Waals surface area contributed by atoms with Crippen LogP contribution >= 0.6 is 0 Å². The zero-order chi connectivity index (χ0) is 9.31. The van der Waals surface area contributed by atoms with Crippen molar-refractivity contribution in [2.75, 3.05) is 0 Å². The van der Waals surface area contributed by atoms with Crippen molar-refractivity contribution < 1.29 is 9.50 Å². The topological polar surface area (TPSA) is 20.2 Å². The van der Waals surface area contributed by atoms with Crippen LogP contribution in [-0.2, 0) is 13.1 Å². The van der Waals surface area contributed by atoms with Crippen molar-refractivity contribution in [2.45, 2.75) is 31.5 Å². The van der Waals surface area contributed by atoms with E-state index >= 15 is 0 Å². The summed E-state index contributed by atoms with van der Waals surface area (Å²) in [6.45, 7) is -0.438. The van der Waals surface area contributed by atoms with Gasteiger partial charge in [0.05, 0.1) is 5.60 Å². The first-order valence-electron chi connectivity index (χ1n) is 4.59. The Balaban J connectivity index is 2.18. The smallest absolute Gasteiger partial charge is 0.115 e. The second-order valence-corrected chi connectivity index (χ2v) is 3.80. The van der Waals surface area contributed by atoms with Gasteiger partial charge in [0.2, 0.25) is 0 Å². The minimum Gasteiger partial charge on any atom is -0.390 e. The summed E-state index contributed by atoms with van der Waals surface area (Å²) in [5.74, 6) is 0. The van der Waals surface area contributed by atoms with E-state index in [0.29, 0.717) is 12.0 Å². The molecule has 0 atom stereocenters. The van der Waals surface area contributed by atoms with Gasteiger partial charge in [0, 0.05) is 6.42 Å². The molecule has 0 aliphatic heterocycles. The lowest BCUT2D eigenvalue weighted by atomic mass is 10.0. The number of halogens is 1. The maximum absolute atomic E-state index is 12.5. The van der Waals surface area contributed by atoms with Crippen molar-refractivity contribution in [3.63, 3.8) is 0 Å². The van der Waals surface area contributed by atoms with Gasteiger partial charge < -0.3 is 5.11 Å². The fraction of sp³-hybridized carbons (Fsp3) is 0.455. The van der Waals surface area contributed by atoms with Gasteiger partial charge in [-0.3, -0.25) is 0 Å². The van der Waals surface area contributed by atoms with Crippen LogP contribution in [0.1, 0.15) is 24.0 Å². The lowest BCUT2D eigenvalue weighted by Crippen LogP contribution is -2.11. The lowest BCUT2D eigenvalue weighted by Gasteiger charge is -2.10. The van der Waals surface area contributed by atoms with Crippen LogP contribution in [0.2, 0.25) is 0 Å². The van der Waals surface area contributed by atoms with Crippen molar-refractivity contribution in [1.82, 2.24) is 0 Å². The molecule has 0 radical (unpaired) electrons. The number of hydrogen-bond acceptors (Lipinski definition) is 1. The first kappa shape index (κ1) is 8.70. The normalized spacial score (nSPS) is 18.6. The van der Waals surface area contributed by atoms with Crippen LogP contribution < -0.4 is 0 Å². The number of benzene rings is 1. The van der Waals surface area contributed by atoms with Gasteiger partial charge in [-0.05, 0) is 24.0 Å². The second kappa shape index (κ2) is 3.11. The van der Waals surface area contributed by atoms with E-state index in [0.717, 1.165) is 18.4 Å². The van der Waals surface area contributed by atoms with Crippen molar-refractivity contribution in [1.29, 1.82) is 0 Å². The highest BCUT2D eigenvalue weighted by atomic mass is 19.1. The minimum absolute atomic E-state index is 0.438. The van der Waals surface area contributed by atoms with E-state index in [2.05, 4.69) is 0 Å². The van der Waals surface area contributed by atoms with Crippen LogP contribution in [0.15, 0.2) is 24.3 Å². The third kappa shape index (κ3) is 1.89. The summed E-state index contributed by atoms with van der Waals surface area (Å²) in [6, 6.07) is 7.39. The maximum atomic E-state index is 12.5. The fourth-order valence-electron chi connectivity index (χ4n) is 1.54. The zero-order valence-corrected chi connectivity index (χ0v) is 7.46. The third-order valence-corrected chi connectivity index (χ3v) is 2.61. The third-order valence-electron chi connectivity index (χ3n) is 2.61. The van der Waals surface area contributed by atoms with Crippen molar-refractivity contribution in [3.05, 3.63) is 35.4 Å². The molecule has 70 valence electrons. The molecule has 0 amide bonds. The summed E-state index contributed by atoms with van der Waals surface area (Å²) >= 11 is 0. The van der Waals surface area contributed by atoms with E-state index in [-0.39, 0.29) is 0 Å². The van der Waals surface area contributed by atoms with E-state index in [4.69, 9.17) is 0 Å². The molecule has 1 aromatic carbocycles. The summed E-state index contributed by atoms with van der Waals surface area (Å²) in [6.07, 6.45) is 2.31. The number of rotatable bonds is 3. The molecule has 1 fully saturated rings.